The summed E-state index contributed by atoms with van der Waals surface area (Å²) in [5.74, 6) is -1.27. The van der Waals surface area contributed by atoms with Crippen molar-refractivity contribution in [2.45, 2.75) is 0 Å². The number of rotatable bonds is 4. The van der Waals surface area contributed by atoms with Crippen LogP contribution < -0.4 is 4.74 Å². The standard InChI is InChI=1S/C15H9BrClFO3/c16-10-8-9(5-7-14(19)20)4-6-12(10)21-13-3-1-2-11(17)15(13)18/h1-8H,(H,19,20)/b7-5+. The number of carboxylic acids is 1. The van der Waals surface area contributed by atoms with Crippen molar-refractivity contribution in [1.82, 2.24) is 0 Å². The molecule has 0 spiro atoms. The molecule has 0 atom stereocenters. The van der Waals surface area contributed by atoms with E-state index < -0.39 is 11.8 Å². The van der Waals surface area contributed by atoms with Crippen molar-refractivity contribution in [2.24, 2.45) is 0 Å². The Labute approximate surface area is 133 Å². The normalized spacial score (nSPS) is 10.8. The van der Waals surface area contributed by atoms with Gasteiger partial charge in [-0.2, -0.15) is 0 Å². The van der Waals surface area contributed by atoms with E-state index in [0.29, 0.717) is 15.8 Å². The number of carbonyl (C=O) groups is 1. The molecule has 2 aromatic carbocycles. The van der Waals surface area contributed by atoms with Gasteiger partial charge in [-0.3, -0.25) is 0 Å². The lowest BCUT2D eigenvalue weighted by Crippen LogP contribution is -1.90. The average Bonchev–Trinajstić information content (AvgIpc) is 2.44. The van der Waals surface area contributed by atoms with Crippen LogP contribution in [0.4, 0.5) is 4.39 Å². The van der Waals surface area contributed by atoms with E-state index in [0.717, 1.165) is 6.08 Å². The minimum Gasteiger partial charge on any atom is -0.478 e. The zero-order valence-corrected chi connectivity index (χ0v) is 12.9. The van der Waals surface area contributed by atoms with Gasteiger partial charge in [0.05, 0.1) is 9.50 Å². The summed E-state index contributed by atoms with van der Waals surface area (Å²) in [5.41, 5.74) is 0.670. The van der Waals surface area contributed by atoms with Gasteiger partial charge in [0.15, 0.2) is 11.6 Å². The van der Waals surface area contributed by atoms with Gasteiger partial charge < -0.3 is 9.84 Å². The fourth-order valence-corrected chi connectivity index (χ4v) is 2.20. The first-order valence-electron chi connectivity index (χ1n) is 5.80. The van der Waals surface area contributed by atoms with Gasteiger partial charge in [0, 0.05) is 6.08 Å². The smallest absolute Gasteiger partial charge is 0.328 e. The zero-order chi connectivity index (χ0) is 15.4. The van der Waals surface area contributed by atoms with E-state index in [1.807, 2.05) is 0 Å². The maximum atomic E-state index is 13.8. The number of aliphatic carboxylic acids is 1. The van der Waals surface area contributed by atoms with Crippen LogP contribution in [-0.2, 0) is 4.79 Å². The van der Waals surface area contributed by atoms with Crippen LogP contribution in [0, 0.1) is 5.82 Å². The monoisotopic (exact) mass is 370 g/mol. The van der Waals surface area contributed by atoms with Gasteiger partial charge >= 0.3 is 5.97 Å². The Kier molecular flexibility index (Phi) is 4.98. The Morgan fingerprint density at radius 1 is 1.29 bits per heavy atom. The summed E-state index contributed by atoms with van der Waals surface area (Å²) in [5, 5.41) is 8.55. The molecule has 0 aromatic heterocycles. The molecule has 21 heavy (non-hydrogen) atoms. The van der Waals surface area contributed by atoms with Crippen LogP contribution in [-0.4, -0.2) is 11.1 Å². The van der Waals surface area contributed by atoms with E-state index in [1.54, 1.807) is 24.3 Å². The van der Waals surface area contributed by atoms with Gasteiger partial charge in [0.1, 0.15) is 5.75 Å². The summed E-state index contributed by atoms with van der Waals surface area (Å²) in [7, 11) is 0. The minimum atomic E-state index is -1.03. The molecule has 0 aliphatic heterocycles. The number of carboxylic acid groups (broad SMARTS) is 1. The van der Waals surface area contributed by atoms with Crippen molar-refractivity contribution in [3.63, 3.8) is 0 Å². The van der Waals surface area contributed by atoms with Crippen LogP contribution in [0.1, 0.15) is 5.56 Å². The highest BCUT2D eigenvalue weighted by Crippen LogP contribution is 2.33. The fourth-order valence-electron chi connectivity index (χ4n) is 1.55. The summed E-state index contributed by atoms with van der Waals surface area (Å²) in [6.45, 7) is 0. The molecular formula is C15H9BrClFO3. The lowest BCUT2D eigenvalue weighted by atomic mass is 10.2. The molecule has 108 valence electrons. The van der Waals surface area contributed by atoms with E-state index in [9.17, 15) is 9.18 Å². The third kappa shape index (κ3) is 4.06. The summed E-state index contributed by atoms with van der Waals surface area (Å²) < 4.78 is 19.8. The second kappa shape index (κ2) is 6.74. The van der Waals surface area contributed by atoms with Crippen LogP contribution in [0.15, 0.2) is 46.9 Å². The van der Waals surface area contributed by atoms with Crippen molar-refractivity contribution < 1.29 is 19.0 Å². The van der Waals surface area contributed by atoms with Gasteiger partial charge in [-0.15, -0.1) is 0 Å². The zero-order valence-electron chi connectivity index (χ0n) is 10.5. The van der Waals surface area contributed by atoms with Gasteiger partial charge in [-0.25, -0.2) is 9.18 Å². The van der Waals surface area contributed by atoms with Crippen LogP contribution in [0.25, 0.3) is 6.08 Å². The fraction of sp³-hybridized carbons (Fsp3) is 0. The Balaban J connectivity index is 2.25. The number of hydrogen-bond acceptors (Lipinski definition) is 2. The summed E-state index contributed by atoms with van der Waals surface area (Å²) in [4.78, 5) is 10.5. The third-order valence-electron chi connectivity index (χ3n) is 2.51. The van der Waals surface area contributed by atoms with Crippen LogP contribution in [0.5, 0.6) is 11.5 Å². The van der Waals surface area contributed by atoms with Gasteiger partial charge in [0.25, 0.3) is 0 Å². The molecule has 0 unspecified atom stereocenters. The molecule has 0 aliphatic rings. The maximum Gasteiger partial charge on any atom is 0.328 e. The number of ether oxygens (including phenoxy) is 1. The summed E-state index contributed by atoms with van der Waals surface area (Å²) >= 11 is 8.98. The quantitative estimate of drug-likeness (QED) is 0.758. The molecule has 0 fully saturated rings. The van der Waals surface area contributed by atoms with Gasteiger partial charge in [-0.1, -0.05) is 23.7 Å². The Morgan fingerprint density at radius 3 is 2.71 bits per heavy atom. The third-order valence-corrected chi connectivity index (χ3v) is 3.42. The van der Waals surface area contributed by atoms with Crippen molar-refractivity contribution in [2.75, 3.05) is 0 Å². The average molecular weight is 372 g/mol. The number of hydrogen-bond donors (Lipinski definition) is 1. The Hall–Kier alpha value is -1.85. The lowest BCUT2D eigenvalue weighted by Gasteiger charge is -2.09. The minimum absolute atomic E-state index is 0.0111. The predicted molar refractivity (Wildman–Crippen MR) is 82.3 cm³/mol. The molecule has 1 N–H and O–H groups in total. The summed E-state index contributed by atoms with van der Waals surface area (Å²) in [6.07, 6.45) is 2.47. The SMILES string of the molecule is O=C(O)/C=C/c1ccc(Oc2cccc(Cl)c2F)c(Br)c1. The second-order valence-electron chi connectivity index (χ2n) is 4.02. The molecule has 6 heteroatoms. The largest absolute Gasteiger partial charge is 0.478 e. The van der Waals surface area contributed by atoms with Crippen molar-refractivity contribution in [3.8, 4) is 11.5 Å². The van der Waals surface area contributed by atoms with E-state index in [4.69, 9.17) is 21.4 Å². The van der Waals surface area contributed by atoms with E-state index >= 15 is 0 Å². The van der Waals surface area contributed by atoms with Crippen molar-refractivity contribution >= 4 is 39.6 Å². The molecule has 0 heterocycles. The van der Waals surface area contributed by atoms with Crippen molar-refractivity contribution in [3.05, 3.63) is 63.4 Å². The molecule has 0 radical (unpaired) electrons. The molecule has 2 aromatic rings. The first-order valence-corrected chi connectivity index (χ1v) is 6.97. The molecule has 0 bridgehead atoms. The molecule has 0 amide bonds. The Morgan fingerprint density at radius 2 is 2.05 bits per heavy atom. The number of benzene rings is 2. The summed E-state index contributed by atoms with van der Waals surface area (Å²) in [6, 6.07) is 9.40. The highest BCUT2D eigenvalue weighted by atomic mass is 79.9. The molecule has 3 nitrogen and oxygen atoms in total. The van der Waals surface area contributed by atoms with Crippen molar-refractivity contribution in [1.29, 1.82) is 0 Å². The van der Waals surface area contributed by atoms with E-state index in [2.05, 4.69) is 15.9 Å². The Bertz CT molecular complexity index is 716. The lowest BCUT2D eigenvalue weighted by molar-refractivity contribution is -0.131. The molecule has 2 rings (SSSR count). The van der Waals surface area contributed by atoms with Gasteiger partial charge in [0.2, 0.25) is 0 Å². The molecule has 0 saturated carbocycles. The molecular weight excluding hydrogens is 363 g/mol. The van der Waals surface area contributed by atoms with E-state index in [-0.39, 0.29) is 10.8 Å². The molecule has 0 aliphatic carbocycles. The topological polar surface area (TPSA) is 46.5 Å². The van der Waals surface area contributed by atoms with Crippen LogP contribution in [0.3, 0.4) is 0 Å². The number of halogens is 3. The van der Waals surface area contributed by atoms with Gasteiger partial charge in [-0.05, 0) is 51.8 Å². The van der Waals surface area contributed by atoms with Crippen LogP contribution in [0.2, 0.25) is 5.02 Å². The maximum absolute atomic E-state index is 13.8. The van der Waals surface area contributed by atoms with Crippen LogP contribution >= 0.6 is 27.5 Å². The molecule has 0 saturated heterocycles. The van der Waals surface area contributed by atoms with E-state index in [1.165, 1.54) is 18.2 Å². The first kappa shape index (κ1) is 15.5. The predicted octanol–water partition coefficient (Wildman–Crippen LogP) is 5.13. The first-order chi connectivity index (χ1) is 9.97. The highest BCUT2D eigenvalue weighted by Gasteiger charge is 2.10. The highest BCUT2D eigenvalue weighted by molar-refractivity contribution is 9.10. The second-order valence-corrected chi connectivity index (χ2v) is 5.28.